The first-order valence-electron chi connectivity index (χ1n) is 5.30. The second-order valence-corrected chi connectivity index (χ2v) is 4.62. The average molecular weight is 223 g/mol. The van der Waals surface area contributed by atoms with Crippen LogP contribution in [0.1, 0.15) is 0 Å². The zero-order chi connectivity index (χ0) is 10.8. The molecule has 0 saturated heterocycles. The Morgan fingerprint density at radius 2 is 1.44 bits per heavy atom. The standard InChI is InChI=1S/C15H11S/c1-2-7-13(8-3-1)15-14-9-5-4-6-12(14)10-11-16-15/h1-11H/q+1. The summed E-state index contributed by atoms with van der Waals surface area (Å²) in [6.07, 6.45) is 0. The van der Waals surface area contributed by atoms with Gasteiger partial charge in [-0.1, -0.05) is 36.4 Å². The second-order valence-electron chi connectivity index (χ2n) is 3.70. The van der Waals surface area contributed by atoms with Crippen LogP contribution in [0.3, 0.4) is 0 Å². The predicted molar refractivity (Wildman–Crippen MR) is 71.7 cm³/mol. The van der Waals surface area contributed by atoms with Gasteiger partial charge in [0.1, 0.15) is 0 Å². The van der Waals surface area contributed by atoms with Crippen LogP contribution in [0.2, 0.25) is 0 Å². The van der Waals surface area contributed by atoms with E-state index < -0.39 is 0 Å². The van der Waals surface area contributed by atoms with Gasteiger partial charge >= 0.3 is 0 Å². The Labute approximate surface area is 98.8 Å². The van der Waals surface area contributed by atoms with Crippen molar-refractivity contribution in [3.63, 3.8) is 0 Å². The number of hydrogen-bond acceptors (Lipinski definition) is 0. The van der Waals surface area contributed by atoms with E-state index in [1.54, 1.807) is 11.3 Å². The lowest BCUT2D eigenvalue weighted by Gasteiger charge is -1.97. The van der Waals surface area contributed by atoms with Crippen molar-refractivity contribution in [2.24, 2.45) is 0 Å². The molecule has 0 aliphatic rings. The molecule has 0 bridgehead atoms. The minimum Gasteiger partial charge on any atom is -0.0622 e. The van der Waals surface area contributed by atoms with Crippen molar-refractivity contribution in [2.45, 2.75) is 0 Å². The van der Waals surface area contributed by atoms with Gasteiger partial charge in [-0.2, -0.15) is 0 Å². The van der Waals surface area contributed by atoms with E-state index in [0.29, 0.717) is 0 Å². The molecule has 0 fully saturated rings. The van der Waals surface area contributed by atoms with Gasteiger partial charge in [0, 0.05) is 17.0 Å². The van der Waals surface area contributed by atoms with E-state index in [-0.39, 0.29) is 0 Å². The highest BCUT2D eigenvalue weighted by Gasteiger charge is 2.12. The van der Waals surface area contributed by atoms with Crippen LogP contribution in [0.15, 0.2) is 66.0 Å². The number of fused-ring (bicyclic) bond motifs is 1. The van der Waals surface area contributed by atoms with Crippen molar-refractivity contribution < 1.29 is 0 Å². The topological polar surface area (TPSA) is 0 Å². The molecule has 76 valence electrons. The number of hydrogen-bond donors (Lipinski definition) is 0. The van der Waals surface area contributed by atoms with E-state index in [1.165, 1.54) is 21.2 Å². The SMILES string of the molecule is c1ccc(-c2[s+]ccc3ccccc23)cc1. The summed E-state index contributed by atoms with van der Waals surface area (Å²) < 4.78 is 0. The van der Waals surface area contributed by atoms with Gasteiger partial charge in [-0.3, -0.25) is 0 Å². The molecule has 0 atom stereocenters. The summed E-state index contributed by atoms with van der Waals surface area (Å²) in [5, 5.41) is 4.80. The van der Waals surface area contributed by atoms with Crippen LogP contribution in [0.5, 0.6) is 0 Å². The van der Waals surface area contributed by atoms with E-state index in [0.717, 1.165) is 0 Å². The molecule has 0 aliphatic carbocycles. The minimum absolute atomic E-state index is 1.30. The van der Waals surface area contributed by atoms with Crippen LogP contribution in [0.25, 0.3) is 21.2 Å². The smallest absolute Gasteiger partial charge is 0.0622 e. The zero-order valence-electron chi connectivity index (χ0n) is 8.76. The maximum absolute atomic E-state index is 2.19. The molecule has 3 rings (SSSR count). The Morgan fingerprint density at radius 1 is 0.688 bits per heavy atom. The lowest BCUT2D eigenvalue weighted by Crippen LogP contribution is -1.77. The summed E-state index contributed by atoms with van der Waals surface area (Å²) in [4.78, 5) is 1.35. The molecule has 0 nitrogen and oxygen atoms in total. The van der Waals surface area contributed by atoms with Gasteiger partial charge in [0.05, 0.1) is 0 Å². The van der Waals surface area contributed by atoms with Crippen molar-refractivity contribution in [1.29, 1.82) is 0 Å². The van der Waals surface area contributed by atoms with Crippen LogP contribution < -0.4 is 0 Å². The molecule has 0 N–H and O–H groups in total. The zero-order valence-corrected chi connectivity index (χ0v) is 9.58. The third-order valence-corrected chi connectivity index (χ3v) is 3.64. The van der Waals surface area contributed by atoms with Crippen LogP contribution in [-0.2, 0) is 0 Å². The third-order valence-electron chi connectivity index (χ3n) is 2.67. The predicted octanol–water partition coefficient (Wildman–Crippen LogP) is 4.85. The average Bonchev–Trinajstić information content (AvgIpc) is 2.39. The molecule has 1 aromatic heterocycles. The largest absolute Gasteiger partial charge is 0.245 e. The maximum atomic E-state index is 2.19. The molecule has 16 heavy (non-hydrogen) atoms. The number of rotatable bonds is 1. The van der Waals surface area contributed by atoms with Crippen molar-refractivity contribution in [3.05, 3.63) is 66.0 Å². The van der Waals surface area contributed by atoms with Gasteiger partial charge in [-0.15, -0.1) is 0 Å². The van der Waals surface area contributed by atoms with Gasteiger partial charge in [-0.05, 0) is 23.6 Å². The summed E-state index contributed by atoms with van der Waals surface area (Å²) in [6, 6.07) is 21.3. The van der Waals surface area contributed by atoms with E-state index in [4.69, 9.17) is 0 Å². The quantitative estimate of drug-likeness (QED) is 0.517. The fourth-order valence-corrected chi connectivity index (χ4v) is 2.84. The normalized spacial score (nSPS) is 10.5. The minimum atomic E-state index is 1.30. The van der Waals surface area contributed by atoms with Gasteiger partial charge < -0.3 is 0 Å². The van der Waals surface area contributed by atoms with Crippen LogP contribution in [-0.4, -0.2) is 0 Å². The first-order valence-corrected chi connectivity index (χ1v) is 6.18. The summed E-state index contributed by atoms with van der Waals surface area (Å²) in [5.74, 6) is 0. The Morgan fingerprint density at radius 3 is 2.31 bits per heavy atom. The van der Waals surface area contributed by atoms with Crippen LogP contribution in [0.4, 0.5) is 0 Å². The molecule has 0 spiro atoms. The Kier molecular flexibility index (Phi) is 2.39. The van der Waals surface area contributed by atoms with E-state index in [1.807, 2.05) is 0 Å². The molecule has 1 heteroatoms. The van der Waals surface area contributed by atoms with Crippen LogP contribution >= 0.6 is 11.3 Å². The van der Waals surface area contributed by atoms with Crippen LogP contribution in [0, 0.1) is 0 Å². The highest BCUT2D eigenvalue weighted by atomic mass is 32.1. The Hall–Kier alpha value is -1.73. The van der Waals surface area contributed by atoms with Crippen molar-refractivity contribution >= 4 is 22.1 Å². The Bertz CT molecular complexity index is 609. The monoisotopic (exact) mass is 223 g/mol. The van der Waals surface area contributed by atoms with Crippen molar-refractivity contribution in [3.8, 4) is 10.4 Å². The first kappa shape index (κ1) is 9.49. The van der Waals surface area contributed by atoms with E-state index in [9.17, 15) is 0 Å². The summed E-state index contributed by atoms with van der Waals surface area (Å²) in [5.41, 5.74) is 1.30. The van der Waals surface area contributed by atoms with Crippen molar-refractivity contribution in [1.82, 2.24) is 0 Å². The highest BCUT2D eigenvalue weighted by molar-refractivity contribution is 7.14. The summed E-state index contributed by atoms with van der Waals surface area (Å²) in [6.45, 7) is 0. The van der Waals surface area contributed by atoms with Gasteiger partial charge in [0.2, 0.25) is 16.2 Å². The van der Waals surface area contributed by atoms with E-state index in [2.05, 4.69) is 66.0 Å². The lowest BCUT2D eigenvalue weighted by atomic mass is 10.1. The molecule has 0 aliphatic heterocycles. The second kappa shape index (κ2) is 4.03. The van der Waals surface area contributed by atoms with E-state index >= 15 is 0 Å². The van der Waals surface area contributed by atoms with Crippen molar-refractivity contribution in [2.75, 3.05) is 0 Å². The molecule has 0 unspecified atom stereocenters. The lowest BCUT2D eigenvalue weighted by molar-refractivity contribution is 1.70. The number of benzene rings is 2. The molecular weight excluding hydrogens is 212 g/mol. The summed E-state index contributed by atoms with van der Waals surface area (Å²) >= 11 is 1.80. The summed E-state index contributed by atoms with van der Waals surface area (Å²) in [7, 11) is 0. The highest BCUT2D eigenvalue weighted by Crippen LogP contribution is 2.31. The fraction of sp³-hybridized carbons (Fsp3) is 0. The fourth-order valence-electron chi connectivity index (χ4n) is 1.90. The molecule has 0 saturated carbocycles. The molecule has 0 radical (unpaired) electrons. The van der Waals surface area contributed by atoms with Gasteiger partial charge in [0.25, 0.3) is 0 Å². The Balaban J connectivity index is 2.32. The molecular formula is C15H11S+. The molecule has 3 aromatic rings. The first-order chi connectivity index (χ1) is 7.95. The van der Waals surface area contributed by atoms with Gasteiger partial charge in [0.15, 0.2) is 5.38 Å². The molecule has 0 amide bonds. The molecule has 1 heterocycles. The third kappa shape index (κ3) is 1.59. The van der Waals surface area contributed by atoms with Gasteiger partial charge in [-0.25, -0.2) is 0 Å². The molecule has 2 aromatic carbocycles. The maximum Gasteiger partial charge on any atom is 0.245 e.